The van der Waals surface area contributed by atoms with Gasteiger partial charge in [-0.1, -0.05) is 11.6 Å². The summed E-state index contributed by atoms with van der Waals surface area (Å²) in [6.45, 7) is -0.354. The number of benzene rings is 2. The minimum atomic E-state index is -0.568. The fourth-order valence-corrected chi connectivity index (χ4v) is 3.01. The Hall–Kier alpha value is -3.46. The number of halogens is 2. The fourth-order valence-electron chi connectivity index (χ4n) is 2.83. The van der Waals surface area contributed by atoms with Crippen molar-refractivity contribution in [3.63, 3.8) is 0 Å². The van der Waals surface area contributed by atoms with Crippen molar-refractivity contribution in [3.8, 4) is 5.75 Å². The van der Waals surface area contributed by atoms with Crippen LogP contribution in [0.2, 0.25) is 5.02 Å². The van der Waals surface area contributed by atoms with Crippen LogP contribution in [0.25, 0.3) is 16.6 Å². The molecule has 10 heteroatoms. The van der Waals surface area contributed by atoms with Crippen LogP contribution in [0, 0.1) is 5.82 Å². The predicted molar refractivity (Wildman–Crippen MR) is 101 cm³/mol. The molecule has 0 radical (unpaired) electrons. The van der Waals surface area contributed by atoms with Crippen LogP contribution in [-0.4, -0.2) is 32.2 Å². The monoisotopic (exact) mass is 401 g/mol. The van der Waals surface area contributed by atoms with Gasteiger partial charge >= 0.3 is 5.69 Å². The second-order valence-electron chi connectivity index (χ2n) is 5.93. The average Bonchev–Trinajstić information content (AvgIpc) is 2.98. The number of carbonyl (C=O) groups excluding carboxylic acids is 1. The van der Waals surface area contributed by atoms with Gasteiger partial charge in [-0.25, -0.2) is 23.3 Å². The predicted octanol–water partition coefficient (Wildman–Crippen LogP) is 2.48. The van der Waals surface area contributed by atoms with Crippen molar-refractivity contribution in [3.05, 3.63) is 64.0 Å². The standard InChI is InChI=1S/C18H13ClFN5O3/c1-28-15-5-2-10(19)6-14(15)22-16(26)8-25-18(27)24-9-21-13-4-3-11(20)7-12(13)17(24)23-25/h2-7,9H,8H2,1H3,(H,22,26). The molecule has 28 heavy (non-hydrogen) atoms. The van der Waals surface area contributed by atoms with Crippen molar-refractivity contribution in [1.29, 1.82) is 0 Å². The van der Waals surface area contributed by atoms with Gasteiger partial charge in [0.15, 0.2) is 5.65 Å². The lowest BCUT2D eigenvalue weighted by Gasteiger charge is -2.10. The Morgan fingerprint density at radius 3 is 2.89 bits per heavy atom. The maximum atomic E-state index is 13.6. The quantitative estimate of drug-likeness (QED) is 0.567. The van der Waals surface area contributed by atoms with Gasteiger partial charge in [0.25, 0.3) is 0 Å². The molecular formula is C18H13ClFN5O3. The van der Waals surface area contributed by atoms with E-state index in [1.165, 1.54) is 37.7 Å². The van der Waals surface area contributed by atoms with E-state index in [9.17, 15) is 14.0 Å². The van der Waals surface area contributed by atoms with Crippen LogP contribution in [0.1, 0.15) is 0 Å². The third kappa shape index (κ3) is 3.16. The third-order valence-electron chi connectivity index (χ3n) is 4.11. The first kappa shape index (κ1) is 17.9. The SMILES string of the molecule is COc1ccc(Cl)cc1NC(=O)Cn1nc2c3cc(F)ccc3ncn2c1=O. The van der Waals surface area contributed by atoms with Crippen molar-refractivity contribution >= 4 is 39.7 Å². The lowest BCUT2D eigenvalue weighted by atomic mass is 10.2. The highest BCUT2D eigenvalue weighted by Crippen LogP contribution is 2.27. The Balaban J connectivity index is 1.68. The lowest BCUT2D eigenvalue weighted by Crippen LogP contribution is -2.28. The Morgan fingerprint density at radius 1 is 1.29 bits per heavy atom. The van der Waals surface area contributed by atoms with Crippen LogP contribution in [-0.2, 0) is 11.3 Å². The second kappa shape index (κ2) is 6.93. The number of nitrogens with one attached hydrogen (secondary N) is 1. The van der Waals surface area contributed by atoms with Crippen molar-refractivity contribution in [2.45, 2.75) is 6.54 Å². The van der Waals surface area contributed by atoms with Gasteiger partial charge in [-0.15, -0.1) is 5.10 Å². The first-order chi connectivity index (χ1) is 13.5. The maximum absolute atomic E-state index is 13.6. The molecule has 4 aromatic rings. The van der Waals surface area contributed by atoms with Crippen LogP contribution in [0.3, 0.4) is 0 Å². The van der Waals surface area contributed by atoms with E-state index in [0.717, 1.165) is 9.08 Å². The van der Waals surface area contributed by atoms with Gasteiger partial charge in [-0.05, 0) is 36.4 Å². The van der Waals surface area contributed by atoms with Gasteiger partial charge in [-0.3, -0.25) is 4.79 Å². The normalized spacial score (nSPS) is 11.1. The van der Waals surface area contributed by atoms with Crippen LogP contribution < -0.4 is 15.7 Å². The molecule has 4 rings (SSSR count). The number of aromatic nitrogens is 4. The molecular weight excluding hydrogens is 389 g/mol. The summed E-state index contributed by atoms with van der Waals surface area (Å²) in [5.41, 5.74) is 0.495. The van der Waals surface area contributed by atoms with Crippen LogP contribution >= 0.6 is 11.6 Å². The molecule has 0 atom stereocenters. The summed E-state index contributed by atoms with van der Waals surface area (Å²) in [6.07, 6.45) is 1.29. The first-order valence-electron chi connectivity index (χ1n) is 8.13. The number of rotatable bonds is 4. The zero-order valence-electron chi connectivity index (χ0n) is 14.5. The largest absolute Gasteiger partial charge is 0.495 e. The van der Waals surface area contributed by atoms with Crippen LogP contribution in [0.4, 0.5) is 10.1 Å². The summed E-state index contributed by atoms with van der Waals surface area (Å²) >= 11 is 5.95. The van der Waals surface area contributed by atoms with Crippen molar-refractivity contribution in [1.82, 2.24) is 19.2 Å². The zero-order valence-corrected chi connectivity index (χ0v) is 15.3. The Kier molecular flexibility index (Phi) is 4.44. The van der Waals surface area contributed by atoms with Crippen molar-refractivity contribution in [2.75, 3.05) is 12.4 Å². The average molecular weight is 402 g/mol. The van der Waals surface area contributed by atoms with E-state index < -0.39 is 17.4 Å². The highest BCUT2D eigenvalue weighted by molar-refractivity contribution is 6.31. The summed E-state index contributed by atoms with van der Waals surface area (Å²) in [5, 5.41) is 7.59. The number of nitrogens with zero attached hydrogens (tertiary/aromatic N) is 4. The minimum Gasteiger partial charge on any atom is -0.495 e. The smallest absolute Gasteiger partial charge is 0.352 e. The van der Waals surface area contributed by atoms with Gasteiger partial charge in [0, 0.05) is 10.4 Å². The van der Waals surface area contributed by atoms with Crippen LogP contribution in [0.5, 0.6) is 5.75 Å². The maximum Gasteiger partial charge on any atom is 0.352 e. The van der Waals surface area contributed by atoms with Gasteiger partial charge < -0.3 is 10.1 Å². The van der Waals surface area contributed by atoms with Crippen molar-refractivity contribution in [2.24, 2.45) is 0 Å². The Morgan fingerprint density at radius 2 is 2.11 bits per heavy atom. The highest BCUT2D eigenvalue weighted by Gasteiger charge is 2.15. The number of ether oxygens (including phenoxy) is 1. The molecule has 2 aromatic heterocycles. The highest BCUT2D eigenvalue weighted by atomic mass is 35.5. The molecule has 0 aliphatic carbocycles. The first-order valence-corrected chi connectivity index (χ1v) is 8.51. The number of fused-ring (bicyclic) bond motifs is 3. The van der Waals surface area contributed by atoms with Crippen molar-refractivity contribution < 1.29 is 13.9 Å². The molecule has 2 heterocycles. The lowest BCUT2D eigenvalue weighted by molar-refractivity contribution is -0.117. The van der Waals surface area contributed by atoms with E-state index in [0.29, 0.717) is 27.4 Å². The molecule has 1 N–H and O–H groups in total. The van der Waals surface area contributed by atoms with E-state index in [1.807, 2.05) is 0 Å². The molecule has 0 bridgehead atoms. The summed E-state index contributed by atoms with van der Waals surface area (Å²) in [5.74, 6) is -0.560. The molecule has 1 amide bonds. The number of hydrogen-bond acceptors (Lipinski definition) is 5. The van der Waals surface area contributed by atoms with Crippen LogP contribution in [0.15, 0.2) is 47.5 Å². The Bertz CT molecular complexity index is 1280. The van der Waals surface area contributed by atoms with E-state index in [2.05, 4.69) is 15.4 Å². The number of amides is 1. The summed E-state index contributed by atoms with van der Waals surface area (Å²) in [4.78, 5) is 29.1. The molecule has 0 aliphatic rings. The summed E-state index contributed by atoms with van der Waals surface area (Å²) in [6, 6.07) is 8.77. The van der Waals surface area contributed by atoms with Gasteiger partial charge in [0.2, 0.25) is 5.91 Å². The Labute approximate surface area is 162 Å². The minimum absolute atomic E-state index is 0.211. The molecule has 0 saturated heterocycles. The topological polar surface area (TPSA) is 90.5 Å². The van der Waals surface area contributed by atoms with E-state index in [-0.39, 0.29) is 12.2 Å². The molecule has 0 spiro atoms. The van der Waals surface area contributed by atoms with Gasteiger partial charge in [0.1, 0.15) is 24.4 Å². The van der Waals surface area contributed by atoms with E-state index in [1.54, 1.807) is 12.1 Å². The zero-order chi connectivity index (χ0) is 19.8. The molecule has 8 nitrogen and oxygen atoms in total. The third-order valence-corrected chi connectivity index (χ3v) is 4.35. The number of methoxy groups -OCH3 is 1. The molecule has 0 unspecified atom stereocenters. The van der Waals surface area contributed by atoms with E-state index >= 15 is 0 Å². The molecule has 0 fully saturated rings. The number of carbonyl (C=O) groups is 1. The fraction of sp³-hybridized carbons (Fsp3) is 0.111. The molecule has 2 aromatic carbocycles. The second-order valence-corrected chi connectivity index (χ2v) is 6.37. The summed E-state index contributed by atoms with van der Waals surface area (Å²) < 4.78 is 20.9. The molecule has 0 saturated carbocycles. The summed E-state index contributed by atoms with van der Waals surface area (Å²) in [7, 11) is 1.46. The molecule has 0 aliphatic heterocycles. The number of anilines is 1. The molecule has 142 valence electrons. The van der Waals surface area contributed by atoms with Gasteiger partial charge in [-0.2, -0.15) is 0 Å². The van der Waals surface area contributed by atoms with E-state index in [4.69, 9.17) is 16.3 Å². The number of hydrogen-bond donors (Lipinski definition) is 1. The van der Waals surface area contributed by atoms with Gasteiger partial charge in [0.05, 0.1) is 18.3 Å².